The Kier molecular flexibility index (Phi) is 5.50. The highest BCUT2D eigenvalue weighted by Gasteiger charge is 2.23. The molecule has 1 N–H and O–H groups in total. The minimum absolute atomic E-state index is 0.0497. The Labute approximate surface area is 98.0 Å². The van der Waals surface area contributed by atoms with Crippen molar-refractivity contribution in [3.05, 3.63) is 0 Å². The summed E-state index contributed by atoms with van der Waals surface area (Å²) < 4.78 is 0. The maximum Gasteiger partial charge on any atom is 0.223 e. The molecule has 1 radical (unpaired) electrons. The van der Waals surface area contributed by atoms with Gasteiger partial charge in [-0.15, -0.1) is 0 Å². The van der Waals surface area contributed by atoms with Crippen LogP contribution in [0.3, 0.4) is 0 Å². The number of nitrogens with one attached hydrogen (secondary N) is 1. The summed E-state index contributed by atoms with van der Waals surface area (Å²) in [4.78, 5) is 22.6. The molecule has 0 spiro atoms. The van der Waals surface area contributed by atoms with Gasteiger partial charge in [0.15, 0.2) is 0 Å². The van der Waals surface area contributed by atoms with Crippen LogP contribution in [0.25, 0.3) is 0 Å². The summed E-state index contributed by atoms with van der Waals surface area (Å²) in [6, 6.07) is -0.422. The first-order valence-corrected chi connectivity index (χ1v) is 6.31. The quantitative estimate of drug-likeness (QED) is 0.778. The zero-order valence-electron chi connectivity index (χ0n) is 10.3. The third-order valence-corrected chi connectivity index (χ3v) is 3.14. The van der Waals surface area contributed by atoms with Crippen LogP contribution in [0.4, 0.5) is 0 Å². The highest BCUT2D eigenvalue weighted by atomic mass is 16.2. The molecule has 1 atom stereocenters. The van der Waals surface area contributed by atoms with Crippen molar-refractivity contribution in [3.8, 4) is 0 Å². The highest BCUT2D eigenvalue weighted by molar-refractivity contribution is 5.81. The Morgan fingerprint density at radius 3 is 2.44 bits per heavy atom. The molecular formula is C13H22NO2. The normalized spacial score (nSPS) is 19.4. The van der Waals surface area contributed by atoms with Gasteiger partial charge >= 0.3 is 0 Å². The van der Waals surface area contributed by atoms with E-state index >= 15 is 0 Å². The first kappa shape index (κ1) is 13.2. The van der Waals surface area contributed by atoms with Crippen LogP contribution < -0.4 is 5.32 Å². The fourth-order valence-corrected chi connectivity index (χ4v) is 2.26. The molecule has 0 unspecified atom stereocenters. The molecule has 0 saturated heterocycles. The Bertz CT molecular complexity index is 232. The van der Waals surface area contributed by atoms with E-state index in [1.807, 2.05) is 20.1 Å². The first-order valence-electron chi connectivity index (χ1n) is 6.31. The molecule has 0 aromatic carbocycles. The number of carbonyl (C=O) groups excluding carboxylic acids is 2. The molecule has 0 heterocycles. The second-order valence-electron chi connectivity index (χ2n) is 5.14. The molecule has 1 aliphatic carbocycles. The third-order valence-electron chi connectivity index (χ3n) is 3.14. The molecule has 1 amide bonds. The van der Waals surface area contributed by atoms with E-state index in [2.05, 4.69) is 5.32 Å². The highest BCUT2D eigenvalue weighted by Crippen LogP contribution is 2.23. The lowest BCUT2D eigenvalue weighted by molar-refractivity contribution is -0.126. The van der Waals surface area contributed by atoms with E-state index in [0.717, 1.165) is 25.7 Å². The van der Waals surface area contributed by atoms with Crippen LogP contribution in [0.15, 0.2) is 0 Å². The maximum atomic E-state index is 11.9. The van der Waals surface area contributed by atoms with Crippen LogP contribution in [0.5, 0.6) is 0 Å². The lowest BCUT2D eigenvalue weighted by Crippen LogP contribution is -2.41. The third kappa shape index (κ3) is 4.33. The number of carbonyl (C=O) groups is 1. The summed E-state index contributed by atoms with van der Waals surface area (Å²) in [6.07, 6.45) is 8.05. The van der Waals surface area contributed by atoms with Gasteiger partial charge in [-0.1, -0.05) is 33.1 Å². The van der Waals surface area contributed by atoms with E-state index in [9.17, 15) is 9.59 Å². The number of hydrogen-bond acceptors (Lipinski definition) is 2. The van der Waals surface area contributed by atoms with Gasteiger partial charge in [-0.25, -0.2) is 0 Å². The molecule has 1 fully saturated rings. The molecule has 3 heteroatoms. The van der Waals surface area contributed by atoms with Crippen LogP contribution in [0.1, 0.15) is 52.4 Å². The van der Waals surface area contributed by atoms with Crippen molar-refractivity contribution >= 4 is 12.2 Å². The van der Waals surface area contributed by atoms with Crippen molar-refractivity contribution < 1.29 is 9.59 Å². The number of hydrogen-bond donors (Lipinski definition) is 1. The van der Waals surface area contributed by atoms with Crippen molar-refractivity contribution in [3.63, 3.8) is 0 Å². The fourth-order valence-electron chi connectivity index (χ4n) is 2.26. The summed E-state index contributed by atoms with van der Waals surface area (Å²) in [7, 11) is 0. The Balaban J connectivity index is 2.38. The first-order chi connectivity index (χ1) is 7.63. The molecular weight excluding hydrogens is 202 g/mol. The molecule has 91 valence electrons. The predicted molar refractivity (Wildman–Crippen MR) is 63.7 cm³/mol. The smallest absolute Gasteiger partial charge is 0.223 e. The van der Waals surface area contributed by atoms with Crippen LogP contribution in [0, 0.1) is 11.8 Å². The van der Waals surface area contributed by atoms with Crippen LogP contribution >= 0.6 is 0 Å². The van der Waals surface area contributed by atoms with Crippen molar-refractivity contribution in [1.82, 2.24) is 5.32 Å². The summed E-state index contributed by atoms with van der Waals surface area (Å²) in [5.74, 6) is 0.573. The van der Waals surface area contributed by atoms with Gasteiger partial charge in [0, 0.05) is 5.92 Å². The van der Waals surface area contributed by atoms with E-state index in [1.54, 1.807) is 0 Å². The SMILES string of the molecule is CC(C)C[C@@H]([C]=O)NC(=O)C1CCCCC1. The summed E-state index contributed by atoms with van der Waals surface area (Å²) >= 11 is 0. The molecule has 3 nitrogen and oxygen atoms in total. The van der Waals surface area contributed by atoms with Gasteiger partial charge in [0.05, 0.1) is 6.04 Å². The average molecular weight is 224 g/mol. The van der Waals surface area contributed by atoms with E-state index in [0.29, 0.717) is 12.3 Å². The van der Waals surface area contributed by atoms with Gasteiger partial charge < -0.3 is 5.32 Å². The van der Waals surface area contributed by atoms with Gasteiger partial charge in [-0.05, 0) is 25.2 Å². The zero-order valence-corrected chi connectivity index (χ0v) is 10.3. The minimum atomic E-state index is -0.422. The van der Waals surface area contributed by atoms with Crippen molar-refractivity contribution in [2.75, 3.05) is 0 Å². The van der Waals surface area contributed by atoms with Crippen molar-refractivity contribution in [2.45, 2.75) is 58.4 Å². The monoisotopic (exact) mass is 224 g/mol. The van der Waals surface area contributed by atoms with Gasteiger partial charge in [0.2, 0.25) is 12.2 Å². The van der Waals surface area contributed by atoms with E-state index in [1.165, 1.54) is 6.42 Å². The van der Waals surface area contributed by atoms with Crippen molar-refractivity contribution in [1.29, 1.82) is 0 Å². The van der Waals surface area contributed by atoms with Gasteiger partial charge in [0.1, 0.15) is 0 Å². The topological polar surface area (TPSA) is 46.2 Å². The van der Waals surface area contributed by atoms with E-state index in [4.69, 9.17) is 0 Å². The lowest BCUT2D eigenvalue weighted by atomic mass is 9.88. The number of rotatable bonds is 5. The second-order valence-corrected chi connectivity index (χ2v) is 5.14. The summed E-state index contributed by atoms with van der Waals surface area (Å²) in [5, 5.41) is 2.81. The van der Waals surface area contributed by atoms with Crippen LogP contribution in [-0.2, 0) is 9.59 Å². The zero-order chi connectivity index (χ0) is 12.0. The Morgan fingerprint density at radius 2 is 1.94 bits per heavy atom. The van der Waals surface area contributed by atoms with E-state index in [-0.39, 0.29) is 11.8 Å². The van der Waals surface area contributed by atoms with Crippen molar-refractivity contribution in [2.24, 2.45) is 11.8 Å². The van der Waals surface area contributed by atoms with E-state index < -0.39 is 6.04 Å². The van der Waals surface area contributed by atoms with Gasteiger partial charge in [-0.2, -0.15) is 0 Å². The van der Waals surface area contributed by atoms with Crippen LogP contribution in [0.2, 0.25) is 0 Å². The molecule has 0 aromatic heterocycles. The molecule has 16 heavy (non-hydrogen) atoms. The van der Waals surface area contributed by atoms with Gasteiger partial charge in [0.25, 0.3) is 0 Å². The molecule has 0 bridgehead atoms. The number of amides is 1. The van der Waals surface area contributed by atoms with Gasteiger partial charge in [-0.3, -0.25) is 9.59 Å². The second kappa shape index (κ2) is 6.66. The Morgan fingerprint density at radius 1 is 1.31 bits per heavy atom. The maximum absolute atomic E-state index is 11.9. The lowest BCUT2D eigenvalue weighted by Gasteiger charge is -2.23. The predicted octanol–water partition coefficient (Wildman–Crippen LogP) is 2.21. The molecule has 0 aliphatic heterocycles. The van der Waals surface area contributed by atoms with Crippen LogP contribution in [-0.4, -0.2) is 18.2 Å². The minimum Gasteiger partial charge on any atom is -0.346 e. The standard InChI is InChI=1S/C13H22NO2/c1-10(2)8-12(9-15)14-13(16)11-6-4-3-5-7-11/h10-12H,3-8H2,1-2H3,(H,14,16)/t12-/m0/s1. The molecule has 1 saturated carbocycles. The Hall–Kier alpha value is -0.860. The molecule has 0 aromatic rings. The summed E-state index contributed by atoms with van der Waals surface area (Å²) in [6.45, 7) is 4.08. The summed E-state index contributed by atoms with van der Waals surface area (Å²) in [5.41, 5.74) is 0. The molecule has 1 aliphatic rings. The molecule has 1 rings (SSSR count). The fraction of sp³-hybridized carbons (Fsp3) is 0.846. The largest absolute Gasteiger partial charge is 0.346 e. The average Bonchev–Trinajstić information content (AvgIpc) is 2.28.